The Morgan fingerprint density at radius 2 is 2.11 bits per heavy atom. The molecule has 3 heterocycles. The fourth-order valence-corrected chi connectivity index (χ4v) is 3.68. The highest BCUT2D eigenvalue weighted by molar-refractivity contribution is 5.78. The van der Waals surface area contributed by atoms with Crippen LogP contribution in [-0.4, -0.2) is 86.3 Å². The van der Waals surface area contributed by atoms with Crippen LogP contribution >= 0.6 is 0 Å². The van der Waals surface area contributed by atoms with E-state index < -0.39 is 0 Å². The Labute approximate surface area is 114 Å². The van der Waals surface area contributed by atoms with Gasteiger partial charge < -0.3 is 20.6 Å². The molecule has 3 aliphatic rings. The van der Waals surface area contributed by atoms with Gasteiger partial charge in [0.2, 0.25) is 5.91 Å². The van der Waals surface area contributed by atoms with Gasteiger partial charge in [-0.3, -0.25) is 9.69 Å². The molecule has 0 radical (unpaired) electrons. The van der Waals surface area contributed by atoms with E-state index >= 15 is 0 Å². The largest absolute Gasteiger partial charge is 0.396 e. The van der Waals surface area contributed by atoms with E-state index in [1.807, 2.05) is 4.90 Å². The summed E-state index contributed by atoms with van der Waals surface area (Å²) in [6.07, 6.45) is 0. The van der Waals surface area contributed by atoms with Crippen molar-refractivity contribution in [3.8, 4) is 0 Å². The normalized spacial score (nSPS) is 35.6. The molecular weight excluding hydrogens is 244 g/mol. The summed E-state index contributed by atoms with van der Waals surface area (Å²) in [6, 6.07) is 0. The molecule has 0 saturated carbocycles. The summed E-state index contributed by atoms with van der Waals surface area (Å²) in [5, 5.41) is 16.3. The van der Waals surface area contributed by atoms with Gasteiger partial charge in [-0.25, -0.2) is 0 Å². The van der Waals surface area contributed by atoms with Gasteiger partial charge in [-0.1, -0.05) is 0 Å². The second kappa shape index (κ2) is 5.36. The van der Waals surface area contributed by atoms with Crippen LogP contribution in [0, 0.1) is 11.3 Å². The third kappa shape index (κ3) is 2.50. The minimum Gasteiger partial charge on any atom is -0.396 e. The van der Waals surface area contributed by atoms with Crippen molar-refractivity contribution in [3.05, 3.63) is 0 Å². The number of aliphatic hydroxyl groups excluding tert-OH is 1. The molecule has 0 aromatic rings. The Morgan fingerprint density at radius 3 is 2.79 bits per heavy atom. The van der Waals surface area contributed by atoms with Crippen molar-refractivity contribution in [1.29, 1.82) is 0 Å². The summed E-state index contributed by atoms with van der Waals surface area (Å²) in [5.74, 6) is 0.732. The van der Waals surface area contributed by atoms with Gasteiger partial charge >= 0.3 is 0 Å². The zero-order valence-electron chi connectivity index (χ0n) is 11.4. The summed E-state index contributed by atoms with van der Waals surface area (Å²) in [5.41, 5.74) is -0.0102. The molecule has 0 aromatic heterocycles. The van der Waals surface area contributed by atoms with Gasteiger partial charge in [0.25, 0.3) is 0 Å². The number of fused-ring (bicyclic) bond motifs is 1. The van der Waals surface area contributed by atoms with Crippen LogP contribution in [-0.2, 0) is 4.79 Å². The maximum absolute atomic E-state index is 12.2. The molecule has 1 amide bonds. The third-order valence-electron chi connectivity index (χ3n) is 4.89. The Kier molecular flexibility index (Phi) is 3.75. The molecule has 3 rings (SSSR count). The molecule has 3 fully saturated rings. The highest BCUT2D eigenvalue weighted by Crippen LogP contribution is 2.38. The molecule has 2 atom stereocenters. The van der Waals surface area contributed by atoms with E-state index in [0.717, 1.165) is 52.4 Å². The molecule has 3 aliphatic heterocycles. The number of amides is 1. The van der Waals surface area contributed by atoms with Crippen LogP contribution in [0.15, 0.2) is 0 Å². The van der Waals surface area contributed by atoms with E-state index in [2.05, 4.69) is 15.5 Å². The Hall–Kier alpha value is -0.690. The van der Waals surface area contributed by atoms with Gasteiger partial charge in [-0.15, -0.1) is 0 Å². The SMILES string of the molecule is O=C(CN1CC2CNCC2(CO)C1)N1CCNCC1. The fourth-order valence-electron chi connectivity index (χ4n) is 3.68. The third-order valence-corrected chi connectivity index (χ3v) is 4.89. The Balaban J connectivity index is 1.55. The molecular formula is C13H24N4O2. The van der Waals surface area contributed by atoms with E-state index in [1.54, 1.807) is 0 Å². The Morgan fingerprint density at radius 1 is 1.32 bits per heavy atom. The molecule has 0 aliphatic carbocycles. The minimum atomic E-state index is -0.0102. The quantitative estimate of drug-likeness (QED) is 0.549. The summed E-state index contributed by atoms with van der Waals surface area (Å²) in [4.78, 5) is 16.4. The van der Waals surface area contributed by atoms with Gasteiger partial charge in [-0.2, -0.15) is 0 Å². The van der Waals surface area contributed by atoms with Crippen LogP contribution in [0.1, 0.15) is 0 Å². The first kappa shape index (κ1) is 13.3. The van der Waals surface area contributed by atoms with E-state index in [0.29, 0.717) is 12.5 Å². The number of likely N-dealkylation sites (tertiary alicyclic amines) is 1. The van der Waals surface area contributed by atoms with E-state index in [-0.39, 0.29) is 17.9 Å². The summed E-state index contributed by atoms with van der Waals surface area (Å²) < 4.78 is 0. The lowest BCUT2D eigenvalue weighted by Gasteiger charge is -2.30. The van der Waals surface area contributed by atoms with E-state index in [1.165, 1.54) is 0 Å². The van der Waals surface area contributed by atoms with Gasteiger partial charge in [0.15, 0.2) is 0 Å². The van der Waals surface area contributed by atoms with Gasteiger partial charge in [0, 0.05) is 51.2 Å². The summed E-state index contributed by atoms with van der Waals surface area (Å²) in [7, 11) is 0. The first-order chi connectivity index (χ1) is 9.23. The van der Waals surface area contributed by atoms with Crippen molar-refractivity contribution >= 4 is 5.91 Å². The fraction of sp³-hybridized carbons (Fsp3) is 0.923. The van der Waals surface area contributed by atoms with Crippen LogP contribution in [0.5, 0.6) is 0 Å². The van der Waals surface area contributed by atoms with E-state index in [9.17, 15) is 9.90 Å². The topological polar surface area (TPSA) is 67.8 Å². The molecule has 108 valence electrons. The summed E-state index contributed by atoms with van der Waals surface area (Å²) in [6.45, 7) is 7.82. The molecule has 3 N–H and O–H groups in total. The maximum atomic E-state index is 12.2. The highest BCUT2D eigenvalue weighted by atomic mass is 16.3. The lowest BCUT2D eigenvalue weighted by atomic mass is 9.82. The second-order valence-corrected chi connectivity index (χ2v) is 6.15. The van der Waals surface area contributed by atoms with Crippen molar-refractivity contribution < 1.29 is 9.90 Å². The molecule has 0 spiro atoms. The number of piperazine rings is 1. The smallest absolute Gasteiger partial charge is 0.236 e. The Bertz CT molecular complexity index is 346. The van der Waals surface area contributed by atoms with Crippen molar-refractivity contribution in [1.82, 2.24) is 20.4 Å². The number of rotatable bonds is 3. The highest BCUT2D eigenvalue weighted by Gasteiger charge is 2.49. The average molecular weight is 268 g/mol. The number of carbonyl (C=O) groups is 1. The monoisotopic (exact) mass is 268 g/mol. The average Bonchev–Trinajstić information content (AvgIpc) is 2.96. The van der Waals surface area contributed by atoms with Crippen LogP contribution < -0.4 is 10.6 Å². The van der Waals surface area contributed by atoms with Crippen molar-refractivity contribution in [3.63, 3.8) is 0 Å². The number of hydrogen-bond acceptors (Lipinski definition) is 5. The summed E-state index contributed by atoms with van der Waals surface area (Å²) >= 11 is 0. The van der Waals surface area contributed by atoms with Gasteiger partial charge in [0.1, 0.15) is 0 Å². The van der Waals surface area contributed by atoms with Gasteiger partial charge in [-0.05, 0) is 12.5 Å². The zero-order valence-corrected chi connectivity index (χ0v) is 11.4. The van der Waals surface area contributed by atoms with Gasteiger partial charge in [0.05, 0.1) is 13.2 Å². The number of nitrogens with zero attached hydrogens (tertiary/aromatic N) is 2. The standard InChI is InChI=1S/C13H24N4O2/c18-10-13-8-15-5-11(13)6-16(9-13)7-12(19)17-3-1-14-2-4-17/h11,14-15,18H,1-10H2. The predicted octanol–water partition coefficient (Wildman–Crippen LogP) is -2.07. The van der Waals surface area contributed by atoms with Crippen LogP contribution in [0.2, 0.25) is 0 Å². The molecule has 3 saturated heterocycles. The maximum Gasteiger partial charge on any atom is 0.236 e. The minimum absolute atomic E-state index is 0.0102. The number of nitrogens with one attached hydrogen (secondary N) is 2. The first-order valence-electron chi connectivity index (χ1n) is 7.26. The van der Waals surface area contributed by atoms with Crippen LogP contribution in [0.25, 0.3) is 0 Å². The van der Waals surface area contributed by atoms with Crippen molar-refractivity contribution in [2.75, 3.05) is 65.5 Å². The van der Waals surface area contributed by atoms with Crippen molar-refractivity contribution in [2.24, 2.45) is 11.3 Å². The van der Waals surface area contributed by atoms with E-state index in [4.69, 9.17) is 0 Å². The molecule has 6 nitrogen and oxygen atoms in total. The predicted molar refractivity (Wildman–Crippen MR) is 71.8 cm³/mol. The van der Waals surface area contributed by atoms with Crippen LogP contribution in [0.4, 0.5) is 0 Å². The lowest BCUT2D eigenvalue weighted by molar-refractivity contribution is -0.132. The molecule has 0 aromatic carbocycles. The second-order valence-electron chi connectivity index (χ2n) is 6.15. The molecule has 19 heavy (non-hydrogen) atoms. The number of aliphatic hydroxyl groups is 1. The zero-order chi connectivity index (χ0) is 13.3. The van der Waals surface area contributed by atoms with Crippen molar-refractivity contribution in [2.45, 2.75) is 0 Å². The lowest BCUT2D eigenvalue weighted by Crippen LogP contribution is -2.49. The number of hydrogen-bond donors (Lipinski definition) is 3. The molecule has 0 bridgehead atoms. The number of carbonyl (C=O) groups excluding carboxylic acids is 1. The molecule has 6 heteroatoms. The molecule has 2 unspecified atom stereocenters. The van der Waals surface area contributed by atoms with Crippen LogP contribution in [0.3, 0.4) is 0 Å². The first-order valence-corrected chi connectivity index (χ1v) is 7.26.